The van der Waals surface area contributed by atoms with Crippen molar-refractivity contribution in [3.8, 4) is 17.2 Å². The summed E-state index contributed by atoms with van der Waals surface area (Å²) in [7, 11) is -0.774. The number of nitrogens with zero attached hydrogens (tertiary/aromatic N) is 3. The number of aryl methyl sites for hydroxylation is 3. The molecule has 0 unspecified atom stereocenters. The first kappa shape index (κ1) is 24.5. The number of fused-ring (bicyclic) bond motifs is 1. The molecule has 0 saturated carbocycles. The summed E-state index contributed by atoms with van der Waals surface area (Å²) in [5, 5.41) is 0. The average Bonchev–Trinajstić information content (AvgIpc) is 3.22. The molecular weight excluding hydrogens is 468 g/mol. The van der Waals surface area contributed by atoms with Gasteiger partial charge < -0.3 is 14.2 Å². The molecule has 0 amide bonds. The van der Waals surface area contributed by atoms with Crippen LogP contribution in [0.4, 0.5) is 0 Å². The van der Waals surface area contributed by atoms with E-state index in [-0.39, 0.29) is 11.6 Å². The minimum atomic E-state index is -3.96. The van der Waals surface area contributed by atoms with Gasteiger partial charge in [-0.3, -0.25) is 10.7 Å². The van der Waals surface area contributed by atoms with Gasteiger partial charge in [0.1, 0.15) is 29.8 Å². The smallest absolute Gasteiger partial charge is 0.269 e. The van der Waals surface area contributed by atoms with Gasteiger partial charge in [-0.2, -0.15) is 0 Å². The first-order chi connectivity index (χ1) is 16.8. The predicted molar refractivity (Wildman–Crippen MR) is 133 cm³/mol. The fourth-order valence-corrected chi connectivity index (χ4v) is 5.62. The van der Waals surface area contributed by atoms with Crippen molar-refractivity contribution in [2.75, 3.05) is 21.0 Å². The van der Waals surface area contributed by atoms with Crippen LogP contribution in [-0.4, -0.2) is 43.3 Å². The highest BCUT2D eigenvalue weighted by atomic mass is 32.2. The van der Waals surface area contributed by atoms with Gasteiger partial charge in [-0.25, -0.2) is 17.4 Å². The lowest BCUT2D eigenvalue weighted by Crippen LogP contribution is -2.17. The number of hydrogen-bond acceptors (Lipinski definition) is 8. The van der Waals surface area contributed by atoms with Crippen LogP contribution in [0.25, 0.3) is 11.0 Å². The predicted octanol–water partition coefficient (Wildman–Crippen LogP) is 3.38. The van der Waals surface area contributed by atoms with Gasteiger partial charge in [0, 0.05) is 35.5 Å². The van der Waals surface area contributed by atoms with Crippen molar-refractivity contribution in [3.05, 3.63) is 71.3 Å². The highest BCUT2D eigenvalue weighted by Gasteiger charge is 2.25. The Morgan fingerprint density at radius 1 is 0.971 bits per heavy atom. The zero-order chi connectivity index (χ0) is 25.2. The standard InChI is InChI=1S/C25H28N4O5S/c1-16-14-27-21(17(2)25(16)33-4)10-12-24-28-22-13-19(32-3)7-11-23(22)29(24)35(30,31)20-8-5-18(6-9-20)34-15-26/h5-9,11,13-14H,10,12,15,26H2,1-4H3. The molecule has 4 aromatic rings. The quantitative estimate of drug-likeness (QED) is 0.350. The van der Waals surface area contributed by atoms with Crippen molar-refractivity contribution in [1.82, 2.24) is 13.9 Å². The lowest BCUT2D eigenvalue weighted by Gasteiger charge is -2.13. The minimum Gasteiger partial charge on any atom is -0.497 e. The molecule has 2 heterocycles. The van der Waals surface area contributed by atoms with Crippen LogP contribution in [0.1, 0.15) is 22.6 Å². The van der Waals surface area contributed by atoms with Crippen molar-refractivity contribution in [1.29, 1.82) is 0 Å². The van der Waals surface area contributed by atoms with E-state index in [1.54, 1.807) is 50.7 Å². The van der Waals surface area contributed by atoms with Gasteiger partial charge in [0.25, 0.3) is 10.0 Å². The molecule has 0 bridgehead atoms. The number of benzene rings is 2. The number of rotatable bonds is 9. The zero-order valence-corrected chi connectivity index (χ0v) is 20.9. The molecule has 2 aromatic carbocycles. The van der Waals surface area contributed by atoms with Crippen molar-refractivity contribution >= 4 is 21.1 Å². The number of methoxy groups -OCH3 is 2. The molecule has 0 saturated heterocycles. The number of hydrogen-bond donors (Lipinski definition) is 1. The molecule has 2 aromatic heterocycles. The van der Waals surface area contributed by atoms with Crippen LogP contribution in [0, 0.1) is 13.8 Å². The van der Waals surface area contributed by atoms with E-state index >= 15 is 0 Å². The Kier molecular flexibility index (Phi) is 6.95. The molecule has 0 aliphatic heterocycles. The molecule has 0 aliphatic rings. The third kappa shape index (κ3) is 4.67. The van der Waals surface area contributed by atoms with Crippen molar-refractivity contribution in [2.24, 2.45) is 5.73 Å². The Morgan fingerprint density at radius 2 is 1.69 bits per heavy atom. The Bertz CT molecular complexity index is 1460. The number of aromatic nitrogens is 3. The molecule has 4 rings (SSSR count). The molecule has 2 N–H and O–H groups in total. The second-order valence-corrected chi connectivity index (χ2v) is 9.77. The van der Waals surface area contributed by atoms with Gasteiger partial charge in [0.2, 0.25) is 0 Å². The lowest BCUT2D eigenvalue weighted by molar-refractivity contribution is 0.329. The fourth-order valence-electron chi connectivity index (χ4n) is 4.10. The Labute approximate surface area is 204 Å². The summed E-state index contributed by atoms with van der Waals surface area (Å²) in [5.41, 5.74) is 9.09. The average molecular weight is 497 g/mol. The van der Waals surface area contributed by atoms with Crippen LogP contribution in [0.3, 0.4) is 0 Å². The molecule has 0 atom stereocenters. The number of pyridine rings is 1. The number of imidazole rings is 1. The maximum absolute atomic E-state index is 13.8. The van der Waals surface area contributed by atoms with E-state index in [0.29, 0.717) is 41.2 Å². The molecule has 0 aliphatic carbocycles. The van der Waals surface area contributed by atoms with E-state index < -0.39 is 10.0 Å². The van der Waals surface area contributed by atoms with E-state index in [1.807, 2.05) is 13.8 Å². The monoisotopic (exact) mass is 496 g/mol. The van der Waals surface area contributed by atoms with Crippen LogP contribution in [0.2, 0.25) is 0 Å². The molecule has 0 radical (unpaired) electrons. The second-order valence-electron chi connectivity index (χ2n) is 7.98. The van der Waals surface area contributed by atoms with E-state index in [1.165, 1.54) is 16.1 Å². The van der Waals surface area contributed by atoms with Gasteiger partial charge in [-0.05, 0) is 56.7 Å². The van der Waals surface area contributed by atoms with Crippen molar-refractivity contribution in [3.63, 3.8) is 0 Å². The van der Waals surface area contributed by atoms with Gasteiger partial charge >= 0.3 is 0 Å². The number of ether oxygens (including phenoxy) is 3. The summed E-state index contributed by atoms with van der Waals surface area (Å²) in [4.78, 5) is 9.33. The first-order valence-electron chi connectivity index (χ1n) is 11.0. The maximum Gasteiger partial charge on any atom is 0.269 e. The molecule has 0 spiro atoms. The summed E-state index contributed by atoms with van der Waals surface area (Å²) in [6, 6.07) is 11.3. The molecule has 184 valence electrons. The molecular formula is C25H28N4O5S. The second kappa shape index (κ2) is 9.93. The minimum absolute atomic E-state index is 0.00147. The fraction of sp³-hybridized carbons (Fsp3) is 0.280. The first-order valence-corrected chi connectivity index (χ1v) is 12.5. The lowest BCUT2D eigenvalue weighted by atomic mass is 10.1. The maximum atomic E-state index is 13.8. The normalized spacial score (nSPS) is 11.6. The summed E-state index contributed by atoms with van der Waals surface area (Å²) in [6.45, 7) is 3.89. The molecule has 9 nitrogen and oxygen atoms in total. The van der Waals surface area contributed by atoms with Gasteiger partial charge in [0.15, 0.2) is 0 Å². The van der Waals surface area contributed by atoms with Crippen LogP contribution in [-0.2, 0) is 22.9 Å². The SMILES string of the molecule is COc1ccc2c(c1)nc(CCc1ncc(C)c(OC)c1C)n2S(=O)(=O)c1ccc(OCN)cc1. The van der Waals surface area contributed by atoms with Gasteiger partial charge in [-0.1, -0.05) is 0 Å². The molecule has 10 heteroatoms. The van der Waals surface area contributed by atoms with Gasteiger partial charge in [-0.15, -0.1) is 0 Å². The largest absolute Gasteiger partial charge is 0.497 e. The van der Waals surface area contributed by atoms with E-state index in [4.69, 9.17) is 19.9 Å². The van der Waals surface area contributed by atoms with E-state index in [0.717, 1.165) is 22.6 Å². The van der Waals surface area contributed by atoms with Crippen LogP contribution < -0.4 is 19.9 Å². The summed E-state index contributed by atoms with van der Waals surface area (Å²) in [6.07, 6.45) is 2.60. The van der Waals surface area contributed by atoms with Gasteiger partial charge in [0.05, 0.1) is 30.1 Å². The van der Waals surface area contributed by atoms with E-state index in [9.17, 15) is 8.42 Å². The summed E-state index contributed by atoms with van der Waals surface area (Å²) >= 11 is 0. The van der Waals surface area contributed by atoms with Crippen LogP contribution >= 0.6 is 0 Å². The van der Waals surface area contributed by atoms with Crippen LogP contribution in [0.15, 0.2) is 53.6 Å². The number of nitrogens with two attached hydrogens (primary N) is 1. The topological polar surface area (TPSA) is 119 Å². The highest BCUT2D eigenvalue weighted by Crippen LogP contribution is 2.29. The summed E-state index contributed by atoms with van der Waals surface area (Å²) < 4.78 is 44.9. The Balaban J connectivity index is 1.79. The molecule has 0 fully saturated rings. The highest BCUT2D eigenvalue weighted by molar-refractivity contribution is 7.90. The van der Waals surface area contributed by atoms with Crippen molar-refractivity contribution < 1.29 is 22.6 Å². The van der Waals surface area contributed by atoms with E-state index in [2.05, 4.69) is 9.97 Å². The Hall–Kier alpha value is -3.63. The van der Waals surface area contributed by atoms with Crippen LogP contribution in [0.5, 0.6) is 17.2 Å². The summed E-state index contributed by atoms with van der Waals surface area (Å²) in [5.74, 6) is 2.26. The Morgan fingerprint density at radius 3 is 2.34 bits per heavy atom. The molecule has 35 heavy (non-hydrogen) atoms. The third-order valence-electron chi connectivity index (χ3n) is 5.83. The van der Waals surface area contributed by atoms with Crippen molar-refractivity contribution in [2.45, 2.75) is 31.6 Å². The third-order valence-corrected chi connectivity index (χ3v) is 7.59. The zero-order valence-electron chi connectivity index (χ0n) is 20.1.